The molecule has 9 nitrogen and oxygen atoms in total. The molecule has 1 heterocycles. The number of ketones is 2. The summed E-state index contributed by atoms with van der Waals surface area (Å²) < 4.78 is 16.0. The van der Waals surface area contributed by atoms with Crippen LogP contribution in [0.5, 0.6) is 11.5 Å². The number of Topliss-reactive ketones (excluding diaryl/α,β-unsaturated/α-hetero) is 2. The molecule has 0 aromatic heterocycles. The molecule has 0 fully saturated rings. The molecule has 0 saturated heterocycles. The number of ether oxygens (including phenoxy) is 3. The smallest absolute Gasteiger partial charge is 0.294 e. The van der Waals surface area contributed by atoms with Gasteiger partial charge in [0.15, 0.2) is 23.1 Å². The monoisotopic (exact) mass is 339 g/mol. The van der Waals surface area contributed by atoms with E-state index < -0.39 is 11.2 Å². The van der Waals surface area contributed by atoms with Gasteiger partial charge in [0.25, 0.3) is 5.09 Å². The molecule has 0 N–H and O–H groups in total. The summed E-state index contributed by atoms with van der Waals surface area (Å²) in [5, 5.41) is 9.06. The molecule has 0 aliphatic carbocycles. The van der Waals surface area contributed by atoms with Crippen molar-refractivity contribution < 1.29 is 33.7 Å². The number of hydrogen-bond acceptors (Lipinski definition) is 8. The second-order valence-electron chi connectivity index (χ2n) is 5.11. The molecule has 2 rings (SSSR count). The van der Waals surface area contributed by atoms with Crippen molar-refractivity contribution in [3.05, 3.63) is 33.4 Å². The quantitative estimate of drug-likeness (QED) is 0.515. The van der Waals surface area contributed by atoms with Crippen LogP contribution in [0.25, 0.3) is 0 Å². The van der Waals surface area contributed by atoms with Crippen LogP contribution in [0.2, 0.25) is 0 Å². The van der Waals surface area contributed by atoms with E-state index in [1.807, 2.05) is 0 Å². The number of nitrogens with zero attached hydrogens (tertiary/aromatic N) is 1. The second kappa shape index (κ2) is 7.73. The van der Waals surface area contributed by atoms with E-state index in [0.29, 0.717) is 16.9 Å². The van der Waals surface area contributed by atoms with E-state index in [1.54, 1.807) is 13.0 Å². The van der Waals surface area contributed by atoms with Gasteiger partial charge in [-0.25, -0.2) is 0 Å². The maximum absolute atomic E-state index is 12.1. The Kier molecular flexibility index (Phi) is 5.69. The first-order valence-electron chi connectivity index (χ1n) is 7.21. The van der Waals surface area contributed by atoms with Crippen LogP contribution in [0.3, 0.4) is 0 Å². The van der Waals surface area contributed by atoms with Crippen LogP contribution in [0.15, 0.2) is 12.1 Å². The average Bonchev–Trinajstić information content (AvgIpc) is 2.55. The molecule has 0 bridgehead atoms. The van der Waals surface area contributed by atoms with Crippen molar-refractivity contribution in [3.63, 3.8) is 0 Å². The summed E-state index contributed by atoms with van der Waals surface area (Å²) in [6.07, 6.45) is -0.697. The predicted octanol–water partition coefficient (Wildman–Crippen LogP) is 1.34. The van der Waals surface area contributed by atoms with E-state index in [2.05, 4.69) is 4.84 Å². The van der Waals surface area contributed by atoms with Crippen molar-refractivity contribution in [1.29, 1.82) is 0 Å². The summed E-state index contributed by atoms with van der Waals surface area (Å²) in [6, 6.07) is 3.16. The lowest BCUT2D eigenvalue weighted by molar-refractivity contribution is -0.757. The fraction of sp³-hybridized carbons (Fsp3) is 0.467. The first-order chi connectivity index (χ1) is 11.4. The molecule has 1 aromatic carbocycles. The SMILES string of the molecule is COc1cc2c(cc1OCC(=O)CCO[N+](=O)[O-])C(=O)C(C)OC2. The Bertz CT molecular complexity index is 657. The van der Waals surface area contributed by atoms with Gasteiger partial charge in [-0.2, -0.15) is 0 Å². The van der Waals surface area contributed by atoms with Gasteiger partial charge in [0.2, 0.25) is 0 Å². The zero-order chi connectivity index (χ0) is 17.7. The third kappa shape index (κ3) is 4.19. The molecular formula is C15H17NO8. The van der Waals surface area contributed by atoms with Crippen molar-refractivity contribution in [2.75, 3.05) is 20.3 Å². The van der Waals surface area contributed by atoms with Crippen molar-refractivity contribution in [1.82, 2.24) is 0 Å². The van der Waals surface area contributed by atoms with E-state index in [-0.39, 0.29) is 43.6 Å². The highest BCUT2D eigenvalue weighted by Crippen LogP contribution is 2.34. The number of carbonyl (C=O) groups is 2. The maximum atomic E-state index is 12.1. The molecule has 24 heavy (non-hydrogen) atoms. The largest absolute Gasteiger partial charge is 0.493 e. The number of methoxy groups -OCH3 is 1. The molecule has 0 saturated carbocycles. The van der Waals surface area contributed by atoms with E-state index in [4.69, 9.17) is 14.2 Å². The Labute approximate surface area is 137 Å². The molecule has 1 aliphatic rings. The first kappa shape index (κ1) is 17.7. The molecule has 0 amide bonds. The van der Waals surface area contributed by atoms with Gasteiger partial charge in [-0.15, -0.1) is 10.1 Å². The Hall–Kier alpha value is -2.68. The lowest BCUT2D eigenvalue weighted by Crippen LogP contribution is -2.27. The van der Waals surface area contributed by atoms with Crippen molar-refractivity contribution in [2.45, 2.75) is 26.1 Å². The minimum absolute atomic E-state index is 0.155. The molecule has 9 heteroatoms. The summed E-state index contributed by atoms with van der Waals surface area (Å²) in [7, 11) is 1.44. The Morgan fingerprint density at radius 2 is 2.17 bits per heavy atom. The minimum Gasteiger partial charge on any atom is -0.493 e. The Balaban J connectivity index is 2.05. The van der Waals surface area contributed by atoms with Crippen molar-refractivity contribution in [3.8, 4) is 11.5 Å². The highest BCUT2D eigenvalue weighted by molar-refractivity contribution is 6.01. The van der Waals surface area contributed by atoms with Gasteiger partial charge in [-0.05, 0) is 24.6 Å². The molecule has 1 unspecified atom stereocenters. The van der Waals surface area contributed by atoms with Gasteiger partial charge < -0.3 is 19.0 Å². The summed E-state index contributed by atoms with van der Waals surface area (Å²) in [5.74, 6) is 0.0744. The third-order valence-electron chi connectivity index (χ3n) is 3.48. The van der Waals surface area contributed by atoms with Gasteiger partial charge in [0.05, 0.1) is 13.7 Å². The number of benzene rings is 1. The topological polar surface area (TPSA) is 114 Å². The maximum Gasteiger partial charge on any atom is 0.294 e. The first-order valence-corrected chi connectivity index (χ1v) is 7.21. The van der Waals surface area contributed by atoms with Crippen LogP contribution in [-0.4, -0.2) is 43.1 Å². The van der Waals surface area contributed by atoms with Gasteiger partial charge in [0.1, 0.15) is 19.3 Å². The standard InChI is InChI=1S/C15H17NO8/c1-9-15(18)12-6-14(13(21-2)5-10(12)7-22-9)23-8-11(17)3-4-24-16(19)20/h5-6,9H,3-4,7-8H2,1-2H3. The van der Waals surface area contributed by atoms with Crippen LogP contribution in [0.1, 0.15) is 29.3 Å². The summed E-state index contributed by atoms with van der Waals surface area (Å²) >= 11 is 0. The second-order valence-corrected chi connectivity index (χ2v) is 5.11. The van der Waals surface area contributed by atoms with E-state index in [1.165, 1.54) is 13.2 Å². The summed E-state index contributed by atoms with van der Waals surface area (Å²) in [4.78, 5) is 37.9. The van der Waals surface area contributed by atoms with Crippen molar-refractivity contribution in [2.24, 2.45) is 0 Å². The van der Waals surface area contributed by atoms with Gasteiger partial charge in [-0.1, -0.05) is 0 Å². The van der Waals surface area contributed by atoms with E-state index in [0.717, 1.165) is 0 Å². The van der Waals surface area contributed by atoms with Gasteiger partial charge >= 0.3 is 0 Å². The Morgan fingerprint density at radius 3 is 2.83 bits per heavy atom. The van der Waals surface area contributed by atoms with Crippen molar-refractivity contribution >= 4 is 11.6 Å². The highest BCUT2D eigenvalue weighted by atomic mass is 16.9. The molecule has 0 spiro atoms. The number of rotatable bonds is 8. The van der Waals surface area contributed by atoms with Crippen LogP contribution >= 0.6 is 0 Å². The summed E-state index contributed by atoms with van der Waals surface area (Å²) in [5.41, 5.74) is 1.15. The lowest BCUT2D eigenvalue weighted by atomic mass is 9.97. The Morgan fingerprint density at radius 1 is 1.42 bits per heavy atom. The fourth-order valence-corrected chi connectivity index (χ4v) is 2.20. The normalized spacial score (nSPS) is 16.2. The molecule has 1 aromatic rings. The minimum atomic E-state index is -0.963. The van der Waals surface area contributed by atoms with Crippen LogP contribution < -0.4 is 9.47 Å². The third-order valence-corrected chi connectivity index (χ3v) is 3.48. The predicted molar refractivity (Wildman–Crippen MR) is 79.6 cm³/mol. The highest BCUT2D eigenvalue weighted by Gasteiger charge is 2.27. The van der Waals surface area contributed by atoms with Gasteiger partial charge in [0, 0.05) is 12.0 Å². The number of carbonyl (C=O) groups excluding carboxylic acids is 2. The zero-order valence-corrected chi connectivity index (χ0v) is 13.3. The van der Waals surface area contributed by atoms with Crippen LogP contribution in [0.4, 0.5) is 0 Å². The fourth-order valence-electron chi connectivity index (χ4n) is 2.20. The average molecular weight is 339 g/mol. The molecule has 1 aliphatic heterocycles. The van der Waals surface area contributed by atoms with E-state index >= 15 is 0 Å². The van der Waals surface area contributed by atoms with E-state index in [9.17, 15) is 19.7 Å². The molecular weight excluding hydrogens is 322 g/mol. The van der Waals surface area contributed by atoms with Crippen LogP contribution in [-0.2, 0) is 21.0 Å². The lowest BCUT2D eigenvalue weighted by Gasteiger charge is -2.23. The molecule has 0 radical (unpaired) electrons. The molecule has 130 valence electrons. The summed E-state index contributed by atoms with van der Waals surface area (Å²) in [6.45, 7) is 1.31. The number of fused-ring (bicyclic) bond motifs is 1. The van der Waals surface area contributed by atoms with Gasteiger partial charge in [-0.3, -0.25) is 9.59 Å². The zero-order valence-electron chi connectivity index (χ0n) is 13.3. The van der Waals surface area contributed by atoms with Crippen LogP contribution in [0, 0.1) is 10.1 Å². The number of hydrogen-bond donors (Lipinski definition) is 0. The molecule has 1 atom stereocenters.